The molecule has 1 aromatic heterocycles. The van der Waals surface area contributed by atoms with Crippen molar-refractivity contribution in [3.8, 4) is 0 Å². The number of hydrogen-bond donors (Lipinski definition) is 0. The Hall–Kier alpha value is -1.25. The second kappa shape index (κ2) is 3.01. The standard InChI is InChI=1S/C9H12N2O/c1-9(2,3)8-7(5-12)4-10-6-11-8/h4-6H,1-3H3. The van der Waals surface area contributed by atoms with Crippen LogP contribution in [0.4, 0.5) is 0 Å². The van der Waals surface area contributed by atoms with Gasteiger partial charge in [-0.3, -0.25) is 4.79 Å². The van der Waals surface area contributed by atoms with Gasteiger partial charge in [0.25, 0.3) is 0 Å². The summed E-state index contributed by atoms with van der Waals surface area (Å²) >= 11 is 0. The zero-order chi connectivity index (χ0) is 9.19. The van der Waals surface area contributed by atoms with Crippen molar-refractivity contribution >= 4 is 6.29 Å². The van der Waals surface area contributed by atoms with Crippen molar-refractivity contribution in [3.63, 3.8) is 0 Å². The van der Waals surface area contributed by atoms with Gasteiger partial charge >= 0.3 is 0 Å². The molecule has 0 N–H and O–H groups in total. The number of nitrogens with zero attached hydrogens (tertiary/aromatic N) is 2. The Morgan fingerprint density at radius 2 is 2.08 bits per heavy atom. The number of hydrogen-bond acceptors (Lipinski definition) is 3. The fourth-order valence-electron chi connectivity index (χ4n) is 1.05. The van der Waals surface area contributed by atoms with Gasteiger partial charge in [-0.15, -0.1) is 0 Å². The molecule has 0 atom stereocenters. The maximum absolute atomic E-state index is 10.6. The van der Waals surface area contributed by atoms with E-state index < -0.39 is 0 Å². The van der Waals surface area contributed by atoms with E-state index in [1.807, 2.05) is 20.8 Å². The quantitative estimate of drug-likeness (QED) is 0.592. The Balaban J connectivity index is 3.23. The van der Waals surface area contributed by atoms with Gasteiger partial charge < -0.3 is 0 Å². The highest BCUT2D eigenvalue weighted by atomic mass is 16.1. The fraction of sp³-hybridized carbons (Fsp3) is 0.444. The van der Waals surface area contributed by atoms with Crippen LogP contribution in [0.25, 0.3) is 0 Å². The van der Waals surface area contributed by atoms with E-state index in [1.165, 1.54) is 6.33 Å². The molecule has 0 bridgehead atoms. The Morgan fingerprint density at radius 3 is 2.50 bits per heavy atom. The number of carbonyl (C=O) groups is 1. The van der Waals surface area contributed by atoms with E-state index in [-0.39, 0.29) is 5.41 Å². The SMILES string of the molecule is CC(C)(C)c1ncncc1C=O. The topological polar surface area (TPSA) is 42.9 Å². The molecule has 3 heteroatoms. The number of aldehydes is 1. The van der Waals surface area contributed by atoms with Crippen molar-refractivity contribution in [2.75, 3.05) is 0 Å². The molecule has 0 fully saturated rings. The largest absolute Gasteiger partial charge is 0.298 e. The molecule has 0 saturated heterocycles. The Bertz CT molecular complexity index is 289. The van der Waals surface area contributed by atoms with Crippen LogP contribution in [-0.2, 0) is 5.41 Å². The molecule has 0 aliphatic heterocycles. The summed E-state index contributed by atoms with van der Waals surface area (Å²) in [5.41, 5.74) is 1.27. The summed E-state index contributed by atoms with van der Waals surface area (Å²) in [5, 5.41) is 0. The predicted octanol–water partition coefficient (Wildman–Crippen LogP) is 1.59. The summed E-state index contributed by atoms with van der Waals surface area (Å²) < 4.78 is 0. The van der Waals surface area contributed by atoms with Gasteiger partial charge in [0, 0.05) is 11.6 Å². The molecule has 0 spiro atoms. The fourth-order valence-corrected chi connectivity index (χ4v) is 1.05. The van der Waals surface area contributed by atoms with Crippen molar-refractivity contribution in [2.24, 2.45) is 0 Å². The first-order valence-corrected chi connectivity index (χ1v) is 3.81. The van der Waals surface area contributed by atoms with Crippen molar-refractivity contribution in [1.29, 1.82) is 0 Å². The van der Waals surface area contributed by atoms with Crippen molar-refractivity contribution in [2.45, 2.75) is 26.2 Å². The highest BCUT2D eigenvalue weighted by Gasteiger charge is 2.18. The lowest BCUT2D eigenvalue weighted by molar-refractivity contribution is 0.112. The lowest BCUT2D eigenvalue weighted by Crippen LogP contribution is -2.16. The molecule has 12 heavy (non-hydrogen) atoms. The number of aromatic nitrogens is 2. The third-order valence-electron chi connectivity index (χ3n) is 1.58. The van der Waals surface area contributed by atoms with Crippen molar-refractivity contribution < 1.29 is 4.79 Å². The van der Waals surface area contributed by atoms with Gasteiger partial charge in [-0.05, 0) is 0 Å². The maximum Gasteiger partial charge on any atom is 0.153 e. The minimum absolute atomic E-state index is 0.0980. The Labute approximate surface area is 71.9 Å². The van der Waals surface area contributed by atoms with Crippen LogP contribution in [0.15, 0.2) is 12.5 Å². The number of rotatable bonds is 1. The summed E-state index contributed by atoms with van der Waals surface area (Å²) in [6.07, 6.45) is 3.80. The number of carbonyl (C=O) groups excluding carboxylic acids is 1. The summed E-state index contributed by atoms with van der Waals surface area (Å²) in [5.74, 6) is 0. The Morgan fingerprint density at radius 1 is 1.42 bits per heavy atom. The highest BCUT2D eigenvalue weighted by molar-refractivity contribution is 5.76. The van der Waals surface area contributed by atoms with Crippen LogP contribution in [0, 0.1) is 0 Å². The minimum atomic E-state index is -0.0980. The van der Waals surface area contributed by atoms with Crippen molar-refractivity contribution in [3.05, 3.63) is 23.8 Å². The van der Waals surface area contributed by atoms with Crippen LogP contribution in [0.3, 0.4) is 0 Å². The molecular weight excluding hydrogens is 152 g/mol. The first-order chi connectivity index (χ1) is 5.55. The summed E-state index contributed by atoms with van der Waals surface area (Å²) in [6.45, 7) is 6.05. The molecule has 0 saturated carbocycles. The molecule has 0 radical (unpaired) electrons. The molecule has 0 aliphatic carbocycles. The lowest BCUT2D eigenvalue weighted by atomic mass is 9.89. The van der Waals surface area contributed by atoms with Crippen LogP contribution in [0.5, 0.6) is 0 Å². The maximum atomic E-state index is 10.6. The van der Waals surface area contributed by atoms with E-state index in [1.54, 1.807) is 6.20 Å². The summed E-state index contributed by atoms with van der Waals surface area (Å²) in [6, 6.07) is 0. The van der Waals surface area contributed by atoms with Gasteiger partial charge in [-0.1, -0.05) is 20.8 Å². The van der Waals surface area contributed by atoms with E-state index in [2.05, 4.69) is 9.97 Å². The van der Waals surface area contributed by atoms with E-state index in [4.69, 9.17) is 0 Å². The average Bonchev–Trinajstić information content (AvgIpc) is 2.03. The smallest absolute Gasteiger partial charge is 0.153 e. The minimum Gasteiger partial charge on any atom is -0.298 e. The molecule has 0 aromatic carbocycles. The third kappa shape index (κ3) is 1.67. The molecule has 0 amide bonds. The van der Waals surface area contributed by atoms with Gasteiger partial charge in [-0.2, -0.15) is 0 Å². The molecule has 0 unspecified atom stereocenters. The van der Waals surface area contributed by atoms with Crippen LogP contribution < -0.4 is 0 Å². The first kappa shape index (κ1) is 8.84. The third-order valence-corrected chi connectivity index (χ3v) is 1.58. The summed E-state index contributed by atoms with van der Waals surface area (Å²) in [4.78, 5) is 18.5. The summed E-state index contributed by atoms with van der Waals surface area (Å²) in [7, 11) is 0. The first-order valence-electron chi connectivity index (χ1n) is 3.81. The monoisotopic (exact) mass is 164 g/mol. The average molecular weight is 164 g/mol. The second-order valence-corrected chi connectivity index (χ2v) is 3.69. The van der Waals surface area contributed by atoms with E-state index in [0.717, 1.165) is 12.0 Å². The molecular formula is C9H12N2O. The van der Waals surface area contributed by atoms with Crippen molar-refractivity contribution in [1.82, 2.24) is 9.97 Å². The molecule has 1 rings (SSSR count). The molecule has 0 aliphatic rings. The van der Waals surface area contributed by atoms with Gasteiger partial charge in [0.05, 0.1) is 11.3 Å². The van der Waals surface area contributed by atoms with Gasteiger partial charge in [-0.25, -0.2) is 9.97 Å². The van der Waals surface area contributed by atoms with Crippen LogP contribution >= 0.6 is 0 Å². The van der Waals surface area contributed by atoms with E-state index in [0.29, 0.717) is 5.56 Å². The van der Waals surface area contributed by atoms with Crippen LogP contribution in [0.1, 0.15) is 36.8 Å². The lowest BCUT2D eigenvalue weighted by Gasteiger charge is -2.18. The van der Waals surface area contributed by atoms with Gasteiger partial charge in [0.1, 0.15) is 6.33 Å². The molecule has 64 valence electrons. The Kier molecular flexibility index (Phi) is 2.22. The van der Waals surface area contributed by atoms with E-state index in [9.17, 15) is 4.79 Å². The van der Waals surface area contributed by atoms with Crippen LogP contribution in [-0.4, -0.2) is 16.3 Å². The molecule has 1 aromatic rings. The van der Waals surface area contributed by atoms with Crippen LogP contribution in [0.2, 0.25) is 0 Å². The van der Waals surface area contributed by atoms with Gasteiger partial charge in [0.2, 0.25) is 0 Å². The van der Waals surface area contributed by atoms with E-state index >= 15 is 0 Å². The zero-order valence-electron chi connectivity index (χ0n) is 7.53. The zero-order valence-corrected chi connectivity index (χ0v) is 7.53. The van der Waals surface area contributed by atoms with Gasteiger partial charge in [0.15, 0.2) is 6.29 Å². The predicted molar refractivity (Wildman–Crippen MR) is 46.1 cm³/mol. The highest BCUT2D eigenvalue weighted by Crippen LogP contribution is 2.21. The second-order valence-electron chi connectivity index (χ2n) is 3.69. The molecule has 3 nitrogen and oxygen atoms in total. The normalized spacial score (nSPS) is 11.2. The molecule has 1 heterocycles.